The number of piperidine rings is 1. The predicted molar refractivity (Wildman–Crippen MR) is 68.3 cm³/mol. The summed E-state index contributed by atoms with van der Waals surface area (Å²) in [5.74, 6) is 0. The molecule has 1 atom stereocenters. The lowest BCUT2D eigenvalue weighted by atomic mass is 9.95. The van der Waals surface area contributed by atoms with Gasteiger partial charge in [-0.05, 0) is 37.4 Å². The number of para-hydroxylation sites is 1. The summed E-state index contributed by atoms with van der Waals surface area (Å²) < 4.78 is 14.6. The van der Waals surface area contributed by atoms with Crippen LogP contribution < -0.4 is 10.2 Å². The molecule has 0 spiro atoms. The fraction of sp³-hybridized carbons (Fsp3) is 0.571. The maximum absolute atomic E-state index is 14.6. The third kappa shape index (κ3) is 2.16. The molecule has 0 amide bonds. The smallest absolute Gasteiger partial charge is 0.140 e. The molecule has 3 rings (SSSR count). The molecule has 3 heteroatoms. The minimum absolute atomic E-state index is 0.506. The van der Waals surface area contributed by atoms with E-state index in [4.69, 9.17) is 0 Å². The van der Waals surface area contributed by atoms with Gasteiger partial charge in [0.2, 0.25) is 0 Å². The average Bonchev–Trinajstić information content (AvgIpc) is 2.73. The van der Waals surface area contributed by atoms with Crippen molar-refractivity contribution in [3.8, 4) is 0 Å². The maximum atomic E-state index is 14.6. The Morgan fingerprint density at radius 3 is 3.06 bits per heavy atom. The van der Waals surface area contributed by atoms with Crippen LogP contribution in [0.4, 0.5) is 10.1 Å². The van der Waals surface area contributed by atoms with Gasteiger partial charge in [0.25, 0.3) is 0 Å². The molecule has 17 heavy (non-hydrogen) atoms. The van der Waals surface area contributed by atoms with Crippen LogP contribution in [-0.4, -0.2) is 31.8 Å². The zero-order chi connectivity index (χ0) is 11.7. The van der Waals surface area contributed by atoms with E-state index in [0.29, 0.717) is 19.5 Å². The van der Waals surface area contributed by atoms with Crippen molar-refractivity contribution in [2.45, 2.75) is 24.9 Å². The summed E-state index contributed by atoms with van der Waals surface area (Å²) in [4.78, 5) is 2.21. The number of benzene rings is 1. The molecule has 1 unspecified atom stereocenters. The molecule has 0 aromatic heterocycles. The molecular formula is C14H19FN2. The van der Waals surface area contributed by atoms with E-state index in [9.17, 15) is 4.39 Å². The van der Waals surface area contributed by atoms with Gasteiger partial charge in [0.05, 0.1) is 6.54 Å². The molecule has 92 valence electrons. The van der Waals surface area contributed by atoms with E-state index in [1.54, 1.807) is 0 Å². The standard InChI is InChI=1S/C14H19FN2/c15-14(7-3-8-16-10-14)11-17-9-6-12-4-1-2-5-13(12)17/h1-2,4-5,16H,3,6-11H2. The van der Waals surface area contributed by atoms with Gasteiger partial charge in [-0.15, -0.1) is 0 Å². The molecule has 2 nitrogen and oxygen atoms in total. The second kappa shape index (κ2) is 4.30. The van der Waals surface area contributed by atoms with Crippen LogP contribution in [0, 0.1) is 0 Å². The van der Waals surface area contributed by atoms with Crippen LogP contribution in [-0.2, 0) is 6.42 Å². The molecule has 1 aromatic rings. The first-order valence-corrected chi connectivity index (χ1v) is 6.49. The molecule has 0 radical (unpaired) electrons. The van der Waals surface area contributed by atoms with E-state index < -0.39 is 5.67 Å². The van der Waals surface area contributed by atoms with E-state index in [1.807, 2.05) is 6.07 Å². The summed E-state index contributed by atoms with van der Waals surface area (Å²) in [5.41, 5.74) is 1.55. The second-order valence-corrected chi connectivity index (χ2v) is 5.23. The van der Waals surface area contributed by atoms with Gasteiger partial charge in [-0.3, -0.25) is 0 Å². The summed E-state index contributed by atoms with van der Waals surface area (Å²) in [6, 6.07) is 8.37. The zero-order valence-electron chi connectivity index (χ0n) is 10.1. The van der Waals surface area contributed by atoms with Crippen molar-refractivity contribution in [2.24, 2.45) is 0 Å². The normalized spacial score (nSPS) is 28.2. The van der Waals surface area contributed by atoms with Gasteiger partial charge in [-0.1, -0.05) is 18.2 Å². The Labute approximate surface area is 102 Å². The van der Waals surface area contributed by atoms with Crippen molar-refractivity contribution in [1.29, 1.82) is 0 Å². The van der Waals surface area contributed by atoms with Crippen molar-refractivity contribution < 1.29 is 4.39 Å². The van der Waals surface area contributed by atoms with E-state index in [-0.39, 0.29) is 0 Å². The Bertz CT molecular complexity index is 399. The Balaban J connectivity index is 1.74. The SMILES string of the molecule is FC1(CN2CCc3ccccc32)CCCNC1. The molecular weight excluding hydrogens is 215 g/mol. The fourth-order valence-corrected chi connectivity index (χ4v) is 2.98. The van der Waals surface area contributed by atoms with Crippen molar-refractivity contribution >= 4 is 5.69 Å². The number of halogens is 1. The quantitative estimate of drug-likeness (QED) is 0.843. The van der Waals surface area contributed by atoms with Gasteiger partial charge in [-0.2, -0.15) is 0 Å². The maximum Gasteiger partial charge on any atom is 0.140 e. The Kier molecular flexibility index (Phi) is 2.79. The minimum Gasteiger partial charge on any atom is -0.368 e. The number of anilines is 1. The number of hydrogen-bond acceptors (Lipinski definition) is 2. The first-order chi connectivity index (χ1) is 8.27. The van der Waals surface area contributed by atoms with Gasteiger partial charge < -0.3 is 10.2 Å². The minimum atomic E-state index is -1.05. The van der Waals surface area contributed by atoms with E-state index in [1.165, 1.54) is 11.3 Å². The van der Waals surface area contributed by atoms with Crippen molar-refractivity contribution in [3.63, 3.8) is 0 Å². The van der Waals surface area contributed by atoms with Crippen LogP contribution in [0.1, 0.15) is 18.4 Å². The third-order valence-electron chi connectivity index (χ3n) is 3.88. The lowest BCUT2D eigenvalue weighted by Gasteiger charge is -2.34. The van der Waals surface area contributed by atoms with Crippen LogP contribution in [0.2, 0.25) is 0 Å². The topological polar surface area (TPSA) is 15.3 Å². The van der Waals surface area contributed by atoms with Crippen LogP contribution in [0.5, 0.6) is 0 Å². The van der Waals surface area contributed by atoms with Crippen molar-refractivity contribution in [2.75, 3.05) is 31.1 Å². The monoisotopic (exact) mass is 234 g/mol. The highest BCUT2D eigenvalue weighted by Crippen LogP contribution is 2.31. The zero-order valence-corrected chi connectivity index (χ0v) is 10.1. The molecule has 1 N–H and O–H groups in total. The van der Waals surface area contributed by atoms with Crippen LogP contribution >= 0.6 is 0 Å². The summed E-state index contributed by atoms with van der Waals surface area (Å²) >= 11 is 0. The Morgan fingerprint density at radius 1 is 1.35 bits per heavy atom. The van der Waals surface area contributed by atoms with Gasteiger partial charge in [0.1, 0.15) is 5.67 Å². The lowest BCUT2D eigenvalue weighted by molar-refractivity contribution is 0.129. The van der Waals surface area contributed by atoms with Gasteiger partial charge in [0.15, 0.2) is 0 Å². The third-order valence-corrected chi connectivity index (χ3v) is 3.88. The van der Waals surface area contributed by atoms with Crippen LogP contribution in [0.15, 0.2) is 24.3 Å². The van der Waals surface area contributed by atoms with Gasteiger partial charge in [0, 0.05) is 18.8 Å². The molecule has 2 aliphatic heterocycles. The largest absolute Gasteiger partial charge is 0.368 e. The number of rotatable bonds is 2. The highest BCUT2D eigenvalue weighted by Gasteiger charge is 2.35. The average molecular weight is 234 g/mol. The molecule has 1 aromatic carbocycles. The summed E-state index contributed by atoms with van der Waals surface area (Å²) in [6.07, 6.45) is 2.70. The number of fused-ring (bicyclic) bond motifs is 1. The van der Waals surface area contributed by atoms with E-state index in [2.05, 4.69) is 28.4 Å². The predicted octanol–water partition coefficient (Wildman–Crippen LogP) is 2.14. The van der Waals surface area contributed by atoms with E-state index >= 15 is 0 Å². The molecule has 1 fully saturated rings. The summed E-state index contributed by atoms with van der Waals surface area (Å²) in [7, 11) is 0. The van der Waals surface area contributed by atoms with Crippen LogP contribution in [0.3, 0.4) is 0 Å². The number of nitrogens with one attached hydrogen (secondary N) is 1. The molecule has 2 heterocycles. The van der Waals surface area contributed by atoms with Crippen molar-refractivity contribution in [3.05, 3.63) is 29.8 Å². The Morgan fingerprint density at radius 2 is 2.24 bits per heavy atom. The van der Waals surface area contributed by atoms with Crippen molar-refractivity contribution in [1.82, 2.24) is 5.32 Å². The number of nitrogens with zero attached hydrogens (tertiary/aromatic N) is 1. The van der Waals surface area contributed by atoms with Gasteiger partial charge in [-0.25, -0.2) is 4.39 Å². The molecule has 0 aliphatic carbocycles. The highest BCUT2D eigenvalue weighted by atomic mass is 19.1. The number of hydrogen-bond donors (Lipinski definition) is 1. The first kappa shape index (κ1) is 11.0. The summed E-state index contributed by atoms with van der Waals surface area (Å²) in [5, 5.41) is 3.17. The fourth-order valence-electron chi connectivity index (χ4n) is 2.98. The first-order valence-electron chi connectivity index (χ1n) is 6.49. The molecule has 1 saturated heterocycles. The highest BCUT2D eigenvalue weighted by molar-refractivity contribution is 5.58. The van der Waals surface area contributed by atoms with E-state index in [0.717, 1.165) is 25.9 Å². The summed E-state index contributed by atoms with van der Waals surface area (Å²) in [6.45, 7) is 2.97. The lowest BCUT2D eigenvalue weighted by Crippen LogP contribution is -2.49. The number of alkyl halides is 1. The molecule has 0 bridgehead atoms. The second-order valence-electron chi connectivity index (χ2n) is 5.23. The van der Waals surface area contributed by atoms with Gasteiger partial charge >= 0.3 is 0 Å². The molecule has 0 saturated carbocycles. The molecule has 2 aliphatic rings. The Hall–Kier alpha value is -1.09. The van der Waals surface area contributed by atoms with Crippen LogP contribution in [0.25, 0.3) is 0 Å².